The van der Waals surface area contributed by atoms with Crippen LogP contribution in [0.15, 0.2) is 60.8 Å². The predicted molar refractivity (Wildman–Crippen MR) is 111 cm³/mol. The molecule has 0 saturated heterocycles. The number of hydrogen-bond donors (Lipinski definition) is 2. The smallest absolute Gasteiger partial charge is 0.267 e. The van der Waals surface area contributed by atoms with Crippen molar-refractivity contribution in [2.45, 2.75) is 20.3 Å². The van der Waals surface area contributed by atoms with Crippen molar-refractivity contribution in [2.75, 3.05) is 6.54 Å². The molecule has 2 amide bonds. The van der Waals surface area contributed by atoms with Crippen LogP contribution in [0.4, 0.5) is 0 Å². The predicted octanol–water partition coefficient (Wildman–Crippen LogP) is 3.56. The first-order valence-electron chi connectivity index (χ1n) is 9.30. The summed E-state index contributed by atoms with van der Waals surface area (Å²) < 4.78 is 5.80. The highest BCUT2D eigenvalue weighted by atomic mass is 16.5. The number of nitrogens with one attached hydrogen (secondary N) is 1. The lowest BCUT2D eigenvalue weighted by Gasteiger charge is -2.10. The Morgan fingerprint density at radius 3 is 2.45 bits per heavy atom. The lowest BCUT2D eigenvalue weighted by Crippen LogP contribution is -2.25. The van der Waals surface area contributed by atoms with Gasteiger partial charge in [-0.2, -0.15) is 0 Å². The van der Waals surface area contributed by atoms with E-state index in [2.05, 4.69) is 10.3 Å². The summed E-state index contributed by atoms with van der Waals surface area (Å²) in [6.45, 7) is 4.46. The number of aryl methyl sites for hydroxylation is 2. The summed E-state index contributed by atoms with van der Waals surface area (Å²) in [4.78, 5) is 27.5. The first kappa shape index (κ1) is 20.1. The van der Waals surface area contributed by atoms with Gasteiger partial charge < -0.3 is 15.8 Å². The van der Waals surface area contributed by atoms with Gasteiger partial charge in [0.2, 0.25) is 0 Å². The Hall–Kier alpha value is -3.67. The average Bonchev–Trinajstić information content (AvgIpc) is 2.67. The summed E-state index contributed by atoms with van der Waals surface area (Å²) >= 11 is 0. The molecule has 0 saturated carbocycles. The van der Waals surface area contributed by atoms with Crippen LogP contribution in [0.1, 0.15) is 37.5 Å². The largest absolute Gasteiger partial charge is 0.457 e. The van der Waals surface area contributed by atoms with Crippen LogP contribution in [0.2, 0.25) is 0 Å². The Labute approximate surface area is 169 Å². The van der Waals surface area contributed by atoms with Gasteiger partial charge in [0, 0.05) is 24.4 Å². The molecular weight excluding hydrogens is 366 g/mol. The van der Waals surface area contributed by atoms with E-state index >= 15 is 0 Å². The number of primary amides is 1. The number of rotatable bonds is 7. The zero-order valence-corrected chi connectivity index (χ0v) is 16.4. The molecule has 0 aliphatic carbocycles. The molecule has 3 aromatic rings. The van der Waals surface area contributed by atoms with E-state index in [0.29, 0.717) is 30.0 Å². The third-order valence-electron chi connectivity index (χ3n) is 4.30. The minimum absolute atomic E-state index is 0.0834. The van der Waals surface area contributed by atoms with E-state index in [-0.39, 0.29) is 11.6 Å². The van der Waals surface area contributed by atoms with Crippen LogP contribution in [0, 0.1) is 13.8 Å². The van der Waals surface area contributed by atoms with Gasteiger partial charge in [0.1, 0.15) is 17.2 Å². The van der Waals surface area contributed by atoms with Gasteiger partial charge in [0.15, 0.2) is 0 Å². The minimum atomic E-state index is -0.608. The number of nitrogens with two attached hydrogens (primary N) is 1. The zero-order chi connectivity index (χ0) is 20.8. The molecule has 1 aromatic heterocycles. The second-order valence-electron chi connectivity index (χ2n) is 6.87. The van der Waals surface area contributed by atoms with Crippen molar-refractivity contribution >= 4 is 11.8 Å². The number of aromatic nitrogens is 1. The zero-order valence-electron chi connectivity index (χ0n) is 16.4. The molecule has 1 heterocycles. The highest BCUT2D eigenvalue weighted by Crippen LogP contribution is 2.22. The molecular formula is C23H23N3O3. The van der Waals surface area contributed by atoms with Gasteiger partial charge in [0.25, 0.3) is 11.8 Å². The maximum atomic E-state index is 12.4. The van der Waals surface area contributed by atoms with Crippen LogP contribution >= 0.6 is 0 Å². The minimum Gasteiger partial charge on any atom is -0.457 e. The third-order valence-corrected chi connectivity index (χ3v) is 4.30. The average molecular weight is 389 g/mol. The molecule has 6 heteroatoms. The van der Waals surface area contributed by atoms with Crippen molar-refractivity contribution in [1.82, 2.24) is 10.3 Å². The molecule has 2 aromatic carbocycles. The fourth-order valence-electron chi connectivity index (χ4n) is 3.04. The number of benzene rings is 2. The summed E-state index contributed by atoms with van der Waals surface area (Å²) in [5, 5.41) is 2.95. The molecule has 0 aliphatic heterocycles. The molecule has 0 bridgehead atoms. The number of amides is 2. The van der Waals surface area contributed by atoms with Crippen LogP contribution in [0.25, 0.3) is 0 Å². The number of carbonyl (C=O) groups is 2. The number of carbonyl (C=O) groups excluding carboxylic acids is 2. The molecule has 0 radical (unpaired) electrons. The quantitative estimate of drug-likeness (QED) is 0.646. The van der Waals surface area contributed by atoms with Crippen LogP contribution in [-0.4, -0.2) is 23.3 Å². The van der Waals surface area contributed by atoms with E-state index in [9.17, 15) is 9.59 Å². The Morgan fingerprint density at radius 1 is 1.00 bits per heavy atom. The van der Waals surface area contributed by atoms with Crippen molar-refractivity contribution in [3.05, 3.63) is 88.7 Å². The standard InChI is InChI=1S/C23H23N3O3/c1-15-10-16(2)12-18(11-15)23(28)26-8-6-17-4-3-5-19(13-17)29-20-7-9-25-21(14-20)22(24)27/h3-5,7,9-14H,6,8H2,1-2H3,(H2,24,27)(H,26,28). The van der Waals surface area contributed by atoms with Crippen LogP contribution in [0.5, 0.6) is 11.5 Å². The van der Waals surface area contributed by atoms with Crippen LogP contribution < -0.4 is 15.8 Å². The molecule has 0 unspecified atom stereocenters. The molecule has 0 spiro atoms. The number of nitrogens with zero attached hydrogens (tertiary/aromatic N) is 1. The number of ether oxygens (including phenoxy) is 1. The summed E-state index contributed by atoms with van der Waals surface area (Å²) in [6, 6.07) is 16.5. The second kappa shape index (κ2) is 9.01. The van der Waals surface area contributed by atoms with Gasteiger partial charge in [-0.15, -0.1) is 0 Å². The van der Waals surface area contributed by atoms with Gasteiger partial charge in [0.05, 0.1) is 0 Å². The third kappa shape index (κ3) is 5.65. The SMILES string of the molecule is Cc1cc(C)cc(C(=O)NCCc2cccc(Oc3ccnc(C(N)=O)c3)c2)c1. The van der Waals surface area contributed by atoms with Crippen molar-refractivity contribution in [2.24, 2.45) is 5.73 Å². The number of hydrogen-bond acceptors (Lipinski definition) is 4. The van der Waals surface area contributed by atoms with Crippen molar-refractivity contribution in [3.8, 4) is 11.5 Å². The Bertz CT molecular complexity index is 1030. The Balaban J connectivity index is 1.59. The fraction of sp³-hybridized carbons (Fsp3) is 0.174. The molecule has 0 fully saturated rings. The fourth-order valence-corrected chi connectivity index (χ4v) is 3.04. The summed E-state index contributed by atoms with van der Waals surface area (Å²) in [5.74, 6) is 0.419. The summed E-state index contributed by atoms with van der Waals surface area (Å²) in [6.07, 6.45) is 2.14. The molecule has 3 N–H and O–H groups in total. The monoisotopic (exact) mass is 389 g/mol. The molecule has 3 rings (SSSR count). The second-order valence-corrected chi connectivity index (χ2v) is 6.87. The summed E-state index contributed by atoms with van der Waals surface area (Å²) in [5.41, 5.74) is 9.21. The van der Waals surface area contributed by atoms with Crippen molar-refractivity contribution < 1.29 is 14.3 Å². The maximum Gasteiger partial charge on any atom is 0.267 e. The van der Waals surface area contributed by atoms with Crippen LogP contribution in [0.3, 0.4) is 0 Å². The summed E-state index contributed by atoms with van der Waals surface area (Å²) in [7, 11) is 0. The molecule has 6 nitrogen and oxygen atoms in total. The number of pyridine rings is 1. The van der Waals surface area contributed by atoms with E-state index in [1.165, 1.54) is 12.3 Å². The van der Waals surface area contributed by atoms with E-state index in [4.69, 9.17) is 10.5 Å². The molecule has 0 atom stereocenters. The van der Waals surface area contributed by atoms with Crippen LogP contribution in [-0.2, 0) is 6.42 Å². The van der Waals surface area contributed by atoms with Gasteiger partial charge in [-0.25, -0.2) is 0 Å². The van der Waals surface area contributed by atoms with Gasteiger partial charge in [-0.3, -0.25) is 14.6 Å². The van der Waals surface area contributed by atoms with Crippen molar-refractivity contribution in [3.63, 3.8) is 0 Å². The Kier molecular flexibility index (Phi) is 6.24. The van der Waals surface area contributed by atoms with Gasteiger partial charge >= 0.3 is 0 Å². The lowest BCUT2D eigenvalue weighted by atomic mass is 10.1. The lowest BCUT2D eigenvalue weighted by molar-refractivity contribution is 0.0952. The molecule has 0 aliphatic rings. The molecule has 148 valence electrons. The van der Waals surface area contributed by atoms with Crippen molar-refractivity contribution in [1.29, 1.82) is 0 Å². The van der Waals surface area contributed by atoms with E-state index in [0.717, 1.165) is 16.7 Å². The highest BCUT2D eigenvalue weighted by Gasteiger charge is 2.08. The first-order valence-corrected chi connectivity index (χ1v) is 9.30. The highest BCUT2D eigenvalue weighted by molar-refractivity contribution is 5.94. The van der Waals surface area contributed by atoms with Gasteiger partial charge in [-0.05, 0) is 56.2 Å². The van der Waals surface area contributed by atoms with E-state index in [1.807, 2.05) is 56.3 Å². The topological polar surface area (TPSA) is 94.3 Å². The Morgan fingerprint density at radius 2 is 1.72 bits per heavy atom. The van der Waals surface area contributed by atoms with E-state index in [1.54, 1.807) is 6.07 Å². The molecule has 29 heavy (non-hydrogen) atoms. The van der Waals surface area contributed by atoms with Gasteiger partial charge in [-0.1, -0.05) is 29.3 Å². The first-order chi connectivity index (χ1) is 13.9. The normalized spacial score (nSPS) is 10.4. The van der Waals surface area contributed by atoms with E-state index < -0.39 is 5.91 Å². The maximum absolute atomic E-state index is 12.4.